The van der Waals surface area contributed by atoms with E-state index in [0.29, 0.717) is 11.3 Å². The van der Waals surface area contributed by atoms with Crippen molar-refractivity contribution in [3.63, 3.8) is 0 Å². The zero-order valence-electron chi connectivity index (χ0n) is 15.7. The fourth-order valence-electron chi connectivity index (χ4n) is 3.22. The quantitative estimate of drug-likeness (QED) is 0.344. The highest BCUT2D eigenvalue weighted by molar-refractivity contribution is 7.98. The molecule has 0 amide bonds. The van der Waals surface area contributed by atoms with Gasteiger partial charge in [0.15, 0.2) is 11.0 Å². The number of benzene rings is 2. The zero-order valence-corrected chi connectivity index (χ0v) is 17.4. The lowest BCUT2D eigenvalue weighted by atomic mass is 10.0. The van der Waals surface area contributed by atoms with Crippen LogP contribution in [0.1, 0.15) is 17.4 Å². The highest BCUT2D eigenvalue weighted by Gasteiger charge is 2.20. The molecule has 4 rings (SSSR count). The summed E-state index contributed by atoms with van der Waals surface area (Å²) in [5.74, 6) is 1.21. The molecule has 2 heterocycles. The van der Waals surface area contributed by atoms with Crippen LogP contribution in [0.15, 0.2) is 65.1 Å². The number of thiophene rings is 1. The average Bonchev–Trinajstić information content (AvgIpc) is 3.30. The number of halogens is 1. The first-order valence-electron chi connectivity index (χ1n) is 9.12. The minimum atomic E-state index is -0.183. The highest BCUT2D eigenvalue weighted by Crippen LogP contribution is 2.39. The second kappa shape index (κ2) is 8.29. The topological polar surface area (TPSA) is 30.7 Å². The zero-order chi connectivity index (χ0) is 19.5. The molecule has 0 unspecified atom stereocenters. The van der Waals surface area contributed by atoms with Crippen LogP contribution in [0.3, 0.4) is 0 Å². The fraction of sp³-hybridized carbons (Fsp3) is 0.182. The molecule has 0 aliphatic rings. The number of hydrogen-bond acceptors (Lipinski definition) is 4. The van der Waals surface area contributed by atoms with Gasteiger partial charge in [-0.15, -0.1) is 21.5 Å². The molecular formula is C22H20FN3S2. The Balaban J connectivity index is 1.69. The Kier molecular flexibility index (Phi) is 5.59. The lowest BCUT2D eigenvalue weighted by Crippen LogP contribution is -2.00. The van der Waals surface area contributed by atoms with Gasteiger partial charge in [-0.1, -0.05) is 60.3 Å². The van der Waals surface area contributed by atoms with E-state index in [0.717, 1.165) is 23.1 Å². The largest absolute Gasteiger partial charge is 0.302 e. The lowest BCUT2D eigenvalue weighted by Gasteiger charge is -2.09. The van der Waals surface area contributed by atoms with Crippen molar-refractivity contribution in [2.24, 2.45) is 0 Å². The molecule has 3 nitrogen and oxygen atoms in total. The summed E-state index contributed by atoms with van der Waals surface area (Å²) >= 11 is 3.24. The Hall–Kier alpha value is -2.44. The molecule has 0 spiro atoms. The maximum atomic E-state index is 13.9. The molecule has 0 aliphatic heterocycles. The van der Waals surface area contributed by atoms with E-state index in [-0.39, 0.29) is 5.82 Å². The Morgan fingerprint density at radius 2 is 1.79 bits per heavy atom. The summed E-state index contributed by atoms with van der Waals surface area (Å²) < 4.78 is 16.0. The number of thioether (sulfide) groups is 1. The van der Waals surface area contributed by atoms with E-state index in [2.05, 4.69) is 58.3 Å². The number of aryl methyl sites for hydroxylation is 1. The van der Waals surface area contributed by atoms with Crippen LogP contribution in [0.4, 0.5) is 4.39 Å². The van der Waals surface area contributed by atoms with Gasteiger partial charge in [0.1, 0.15) is 5.82 Å². The van der Waals surface area contributed by atoms with Gasteiger partial charge in [0.05, 0.1) is 0 Å². The molecule has 2 aromatic heterocycles. The highest BCUT2D eigenvalue weighted by atomic mass is 32.2. The Labute approximate surface area is 172 Å². The van der Waals surface area contributed by atoms with Crippen molar-refractivity contribution in [3.8, 4) is 22.5 Å². The predicted molar refractivity (Wildman–Crippen MR) is 115 cm³/mol. The van der Waals surface area contributed by atoms with Crippen molar-refractivity contribution < 1.29 is 4.39 Å². The molecule has 0 aliphatic carbocycles. The molecule has 0 atom stereocenters. The van der Waals surface area contributed by atoms with Crippen LogP contribution in [0.2, 0.25) is 0 Å². The van der Waals surface area contributed by atoms with Gasteiger partial charge < -0.3 is 4.57 Å². The van der Waals surface area contributed by atoms with E-state index in [1.54, 1.807) is 17.4 Å². The molecule has 142 valence electrons. The third kappa shape index (κ3) is 3.62. The molecule has 6 heteroatoms. The van der Waals surface area contributed by atoms with Crippen LogP contribution < -0.4 is 0 Å². The molecule has 28 heavy (non-hydrogen) atoms. The number of hydrogen-bond donors (Lipinski definition) is 0. The molecule has 0 saturated carbocycles. The minimum absolute atomic E-state index is 0.183. The van der Waals surface area contributed by atoms with Crippen LogP contribution in [0, 0.1) is 12.7 Å². The Bertz CT molecular complexity index is 1090. The second-order valence-corrected chi connectivity index (χ2v) is 8.40. The van der Waals surface area contributed by atoms with E-state index in [9.17, 15) is 4.39 Å². The summed E-state index contributed by atoms with van der Waals surface area (Å²) in [5.41, 5.74) is 4.16. The summed E-state index contributed by atoms with van der Waals surface area (Å²) in [6, 6.07) is 17.2. The van der Waals surface area contributed by atoms with Crippen molar-refractivity contribution in [2.45, 2.75) is 31.3 Å². The minimum Gasteiger partial charge on any atom is -0.302 e. The molecule has 4 aromatic rings. The van der Waals surface area contributed by atoms with Gasteiger partial charge in [-0.25, -0.2) is 4.39 Å². The van der Waals surface area contributed by atoms with Gasteiger partial charge in [-0.3, -0.25) is 0 Å². The molecule has 0 radical (unpaired) electrons. The van der Waals surface area contributed by atoms with Gasteiger partial charge in [0, 0.05) is 33.7 Å². The predicted octanol–water partition coefficient (Wildman–Crippen LogP) is 6.43. The summed E-state index contributed by atoms with van der Waals surface area (Å²) in [4.78, 5) is 1.26. The smallest absolute Gasteiger partial charge is 0.191 e. The Morgan fingerprint density at radius 1 is 1.04 bits per heavy atom. The second-order valence-electron chi connectivity index (χ2n) is 6.38. The molecule has 2 aromatic carbocycles. The number of aromatic nitrogens is 3. The van der Waals surface area contributed by atoms with Crippen LogP contribution in [0.25, 0.3) is 22.5 Å². The van der Waals surface area contributed by atoms with Crippen LogP contribution in [0.5, 0.6) is 0 Å². The van der Waals surface area contributed by atoms with Gasteiger partial charge in [0.2, 0.25) is 0 Å². The van der Waals surface area contributed by atoms with Gasteiger partial charge in [-0.2, -0.15) is 0 Å². The summed E-state index contributed by atoms with van der Waals surface area (Å²) in [6.07, 6.45) is 0. The summed E-state index contributed by atoms with van der Waals surface area (Å²) in [6.45, 7) is 4.98. The summed E-state index contributed by atoms with van der Waals surface area (Å²) in [7, 11) is 0. The van der Waals surface area contributed by atoms with Gasteiger partial charge >= 0.3 is 0 Å². The fourth-order valence-corrected chi connectivity index (χ4v) is 5.07. The normalized spacial score (nSPS) is 11.1. The average molecular weight is 410 g/mol. The van der Waals surface area contributed by atoms with Crippen molar-refractivity contribution in [2.75, 3.05) is 0 Å². The standard InChI is InChI=1S/C22H20FN3S2/c1-3-26-21(18-14-27-15(2)20(18)16-9-5-4-6-10-16)24-25-22(26)28-13-17-11-7-8-12-19(17)23/h4-12,14H,3,13H2,1-2H3. The lowest BCUT2D eigenvalue weighted by molar-refractivity contribution is 0.617. The van der Waals surface area contributed by atoms with Crippen LogP contribution in [-0.2, 0) is 12.3 Å². The molecule has 0 saturated heterocycles. The first-order chi connectivity index (χ1) is 13.7. The molecule has 0 bridgehead atoms. The van der Waals surface area contributed by atoms with Gasteiger partial charge in [0.25, 0.3) is 0 Å². The van der Waals surface area contributed by atoms with Crippen molar-refractivity contribution >= 4 is 23.1 Å². The van der Waals surface area contributed by atoms with E-state index >= 15 is 0 Å². The third-order valence-corrected chi connectivity index (χ3v) is 6.55. The van der Waals surface area contributed by atoms with Crippen LogP contribution >= 0.6 is 23.1 Å². The first kappa shape index (κ1) is 18.9. The van der Waals surface area contributed by atoms with Crippen molar-refractivity contribution in [1.29, 1.82) is 0 Å². The van der Waals surface area contributed by atoms with E-state index in [4.69, 9.17) is 0 Å². The molecular weight excluding hydrogens is 389 g/mol. The third-order valence-electron chi connectivity index (χ3n) is 4.63. The van der Waals surface area contributed by atoms with E-state index in [1.807, 2.05) is 18.2 Å². The van der Waals surface area contributed by atoms with Gasteiger partial charge in [-0.05, 0) is 31.0 Å². The van der Waals surface area contributed by atoms with E-state index < -0.39 is 0 Å². The first-order valence-corrected chi connectivity index (χ1v) is 11.0. The monoisotopic (exact) mass is 409 g/mol. The summed E-state index contributed by atoms with van der Waals surface area (Å²) in [5, 5.41) is 11.9. The molecule has 0 N–H and O–H groups in total. The number of nitrogens with zero attached hydrogens (tertiary/aromatic N) is 3. The maximum Gasteiger partial charge on any atom is 0.191 e. The van der Waals surface area contributed by atoms with Crippen molar-refractivity contribution in [3.05, 3.63) is 76.2 Å². The van der Waals surface area contributed by atoms with E-state index in [1.165, 1.54) is 33.8 Å². The van der Waals surface area contributed by atoms with Crippen molar-refractivity contribution in [1.82, 2.24) is 14.8 Å². The van der Waals surface area contributed by atoms with Crippen LogP contribution in [-0.4, -0.2) is 14.8 Å². The molecule has 0 fully saturated rings. The number of rotatable bonds is 6. The maximum absolute atomic E-state index is 13.9. The Morgan fingerprint density at radius 3 is 2.54 bits per heavy atom. The SMILES string of the molecule is CCn1c(SCc2ccccc2F)nnc1-c1csc(C)c1-c1ccccc1.